The number of allylic oxidation sites excluding steroid dienone is 4. The Balaban J connectivity index is 3.12. The Hall–Kier alpha value is -1.62. The van der Waals surface area contributed by atoms with Crippen molar-refractivity contribution in [3.8, 4) is 0 Å². The Kier molecular flexibility index (Phi) is 7.87. The Morgan fingerprint density at radius 2 is 2.08 bits per heavy atom. The molecule has 0 spiro atoms. The smallest absolute Gasteiger partial charge is 0.118 e. The van der Waals surface area contributed by atoms with Gasteiger partial charge in [0, 0.05) is 16.9 Å². The molecule has 1 heterocycles. The van der Waals surface area contributed by atoms with E-state index in [4.69, 9.17) is 7.85 Å². The Labute approximate surface area is 152 Å². The molecular formula is C20H29BF2N2. The molecule has 2 unspecified atom stereocenters. The van der Waals surface area contributed by atoms with Crippen LogP contribution >= 0.6 is 0 Å². The van der Waals surface area contributed by atoms with Crippen LogP contribution in [0.5, 0.6) is 0 Å². The normalized spacial score (nSPS) is 24.3. The van der Waals surface area contributed by atoms with Crippen LogP contribution in [0.4, 0.5) is 8.78 Å². The largest absolute Gasteiger partial charge is 0.356 e. The summed E-state index contributed by atoms with van der Waals surface area (Å²) in [5, 5.41) is 3.01. The van der Waals surface area contributed by atoms with E-state index < -0.39 is 12.0 Å². The molecule has 1 aliphatic heterocycles. The highest BCUT2D eigenvalue weighted by Gasteiger charge is 2.32. The Morgan fingerprint density at radius 1 is 1.44 bits per heavy atom. The summed E-state index contributed by atoms with van der Waals surface area (Å²) in [5.74, 6) is -0.532. The third-order valence-electron chi connectivity index (χ3n) is 4.50. The van der Waals surface area contributed by atoms with Crippen molar-refractivity contribution in [1.82, 2.24) is 10.2 Å². The van der Waals surface area contributed by atoms with Crippen molar-refractivity contribution in [2.24, 2.45) is 0 Å². The third-order valence-corrected chi connectivity index (χ3v) is 4.50. The summed E-state index contributed by atoms with van der Waals surface area (Å²) in [5.41, 5.74) is 2.46. The van der Waals surface area contributed by atoms with Gasteiger partial charge in [-0.1, -0.05) is 19.2 Å². The van der Waals surface area contributed by atoms with Gasteiger partial charge < -0.3 is 5.32 Å². The fourth-order valence-corrected chi connectivity index (χ4v) is 2.92. The Morgan fingerprint density at radius 3 is 2.52 bits per heavy atom. The molecule has 2 radical (unpaired) electrons. The van der Waals surface area contributed by atoms with Gasteiger partial charge in [0.2, 0.25) is 0 Å². The molecular weight excluding hydrogens is 317 g/mol. The summed E-state index contributed by atoms with van der Waals surface area (Å²) < 4.78 is 26.9. The molecule has 25 heavy (non-hydrogen) atoms. The molecule has 0 aromatic carbocycles. The average molecular weight is 346 g/mol. The lowest BCUT2D eigenvalue weighted by molar-refractivity contribution is 0.250. The van der Waals surface area contributed by atoms with Crippen LogP contribution in [0.25, 0.3) is 0 Å². The molecule has 1 N–H and O–H groups in total. The molecule has 0 saturated carbocycles. The number of nitrogens with one attached hydrogen (secondary N) is 1. The van der Waals surface area contributed by atoms with E-state index in [2.05, 4.69) is 43.4 Å². The molecule has 1 rings (SSSR count). The molecule has 0 aliphatic carbocycles. The molecule has 1 aliphatic rings. The predicted molar refractivity (Wildman–Crippen MR) is 104 cm³/mol. The highest BCUT2D eigenvalue weighted by atomic mass is 19.1. The number of rotatable bonds is 8. The first-order chi connectivity index (χ1) is 11.6. The van der Waals surface area contributed by atoms with Crippen LogP contribution in [0, 0.1) is 0 Å². The van der Waals surface area contributed by atoms with Gasteiger partial charge in [-0.15, -0.1) is 0 Å². The summed E-state index contributed by atoms with van der Waals surface area (Å²) in [6.45, 7) is 14.6. The van der Waals surface area contributed by atoms with Crippen molar-refractivity contribution in [3.05, 3.63) is 59.8 Å². The van der Waals surface area contributed by atoms with Gasteiger partial charge in [-0.05, 0) is 76.8 Å². The van der Waals surface area contributed by atoms with Crippen LogP contribution in [0.1, 0.15) is 33.6 Å². The van der Waals surface area contributed by atoms with Gasteiger partial charge in [0.25, 0.3) is 0 Å². The average Bonchev–Trinajstić information content (AvgIpc) is 2.83. The van der Waals surface area contributed by atoms with E-state index in [1.165, 1.54) is 19.1 Å². The number of hydrogen-bond donors (Lipinski definition) is 1. The maximum atomic E-state index is 13.5. The van der Waals surface area contributed by atoms with Crippen molar-refractivity contribution in [2.45, 2.75) is 51.6 Å². The summed E-state index contributed by atoms with van der Waals surface area (Å²) in [7, 11) is 7.37. The Bertz CT molecular complexity index is 605. The van der Waals surface area contributed by atoms with Gasteiger partial charge in [0.05, 0.1) is 13.7 Å². The molecule has 5 heteroatoms. The fourth-order valence-electron chi connectivity index (χ4n) is 2.92. The van der Waals surface area contributed by atoms with Crippen LogP contribution in [0.15, 0.2) is 59.8 Å². The van der Waals surface area contributed by atoms with Crippen LogP contribution < -0.4 is 5.32 Å². The van der Waals surface area contributed by atoms with Gasteiger partial charge >= 0.3 is 0 Å². The van der Waals surface area contributed by atoms with Crippen molar-refractivity contribution in [2.75, 3.05) is 13.6 Å². The topological polar surface area (TPSA) is 15.3 Å². The van der Waals surface area contributed by atoms with Gasteiger partial charge in [0.1, 0.15) is 6.17 Å². The van der Waals surface area contributed by atoms with Crippen molar-refractivity contribution in [1.29, 1.82) is 0 Å². The number of likely N-dealkylation sites (N-methyl/N-ethyl adjacent to an activating group) is 1. The van der Waals surface area contributed by atoms with Crippen molar-refractivity contribution >= 4 is 7.85 Å². The quantitative estimate of drug-likeness (QED) is 0.504. The minimum Gasteiger partial charge on any atom is -0.356 e. The standard InChI is InChI=1S/C20H29BF2N2/c1-14(2)19(12-20(5)8-7-9-25(20)6)16(4)24-18(10-15(3)22)11-17(23)13-21/h10-12,15,24H,1,4,7-9,13H2,2-3,5-6H3/b17-11+,18-10+,19-12+. The van der Waals surface area contributed by atoms with Crippen molar-refractivity contribution < 1.29 is 8.78 Å². The first kappa shape index (κ1) is 21.4. The minimum absolute atomic E-state index is 0.0888. The third kappa shape index (κ3) is 6.31. The van der Waals surface area contributed by atoms with Crippen molar-refractivity contribution in [3.63, 3.8) is 0 Å². The molecule has 0 amide bonds. The monoisotopic (exact) mass is 346 g/mol. The highest BCUT2D eigenvalue weighted by Crippen LogP contribution is 2.32. The van der Waals surface area contributed by atoms with E-state index >= 15 is 0 Å². The lowest BCUT2D eigenvalue weighted by atomic mass is 9.92. The summed E-state index contributed by atoms with van der Waals surface area (Å²) in [6.07, 6.45) is 5.32. The van der Waals surface area contributed by atoms with Gasteiger partial charge in [-0.3, -0.25) is 4.90 Å². The highest BCUT2D eigenvalue weighted by molar-refractivity contribution is 6.10. The second kappa shape index (κ2) is 9.18. The molecule has 1 fully saturated rings. The van der Waals surface area contributed by atoms with E-state index in [0.717, 1.165) is 30.5 Å². The zero-order valence-corrected chi connectivity index (χ0v) is 15.8. The number of halogens is 2. The molecule has 1 saturated heterocycles. The van der Waals surface area contributed by atoms with Gasteiger partial charge in [0.15, 0.2) is 0 Å². The molecule has 0 bridgehead atoms. The van der Waals surface area contributed by atoms with Crippen LogP contribution in [-0.2, 0) is 0 Å². The second-order valence-corrected chi connectivity index (χ2v) is 6.92. The fraction of sp³-hybridized carbons (Fsp3) is 0.500. The maximum Gasteiger partial charge on any atom is 0.118 e. The van der Waals surface area contributed by atoms with Crippen LogP contribution in [0.3, 0.4) is 0 Å². The molecule has 2 nitrogen and oxygen atoms in total. The number of hydrogen-bond acceptors (Lipinski definition) is 2. The van der Waals surface area contributed by atoms with E-state index in [1.54, 1.807) is 0 Å². The number of nitrogens with zero attached hydrogens (tertiary/aromatic N) is 1. The molecule has 136 valence electrons. The summed E-state index contributed by atoms with van der Waals surface area (Å²) in [6, 6.07) is 0. The number of alkyl halides is 1. The second-order valence-electron chi connectivity index (χ2n) is 6.92. The lowest BCUT2D eigenvalue weighted by Gasteiger charge is -2.31. The number of likely N-dealkylation sites (tertiary alicyclic amines) is 1. The zero-order valence-electron chi connectivity index (χ0n) is 15.8. The molecule has 2 atom stereocenters. The van der Waals surface area contributed by atoms with E-state index in [-0.39, 0.29) is 11.9 Å². The van der Waals surface area contributed by atoms with Gasteiger partial charge in [-0.25, -0.2) is 8.78 Å². The lowest BCUT2D eigenvalue weighted by Crippen LogP contribution is -2.36. The van der Waals surface area contributed by atoms with E-state index in [1.807, 2.05) is 6.92 Å². The SMILES string of the molecule is [B]C/C(F)=C\C(=C/C(C)F)NC(=C)/C(=C/C1(C)CCCN1C)C(=C)C. The predicted octanol–water partition coefficient (Wildman–Crippen LogP) is 4.76. The van der Waals surface area contributed by atoms with Gasteiger partial charge in [-0.2, -0.15) is 0 Å². The summed E-state index contributed by atoms with van der Waals surface area (Å²) in [4.78, 5) is 2.29. The van der Waals surface area contributed by atoms with E-state index in [0.29, 0.717) is 11.4 Å². The van der Waals surface area contributed by atoms with E-state index in [9.17, 15) is 8.78 Å². The first-order valence-electron chi connectivity index (χ1n) is 8.57. The maximum absolute atomic E-state index is 13.5. The van der Waals surface area contributed by atoms with Crippen LogP contribution in [-0.4, -0.2) is 38.0 Å². The molecule has 0 aromatic rings. The van der Waals surface area contributed by atoms with Crippen LogP contribution in [0.2, 0.25) is 6.32 Å². The minimum atomic E-state index is -1.23. The first-order valence-corrected chi connectivity index (χ1v) is 8.57. The zero-order chi connectivity index (χ0) is 19.2. The summed E-state index contributed by atoms with van der Waals surface area (Å²) >= 11 is 0. The molecule has 0 aromatic heterocycles.